The maximum absolute atomic E-state index is 5.96. The van der Waals surface area contributed by atoms with E-state index < -0.39 is 0 Å². The molecule has 2 nitrogen and oxygen atoms in total. The zero-order chi connectivity index (χ0) is 13.8. The van der Waals surface area contributed by atoms with E-state index in [1.54, 1.807) is 0 Å². The lowest BCUT2D eigenvalue weighted by atomic mass is 9.90. The topological polar surface area (TPSA) is 29.3 Å². The van der Waals surface area contributed by atoms with Gasteiger partial charge in [0.2, 0.25) is 0 Å². The first-order valence-corrected chi connectivity index (χ1v) is 8.09. The van der Waals surface area contributed by atoms with Crippen LogP contribution in [0.5, 0.6) is 0 Å². The molecule has 1 aromatic carbocycles. The highest BCUT2D eigenvalue weighted by atomic mass is 79.9. The standard InChI is InChI=1S/C16H25BrN2/c1-12-7-8-19(16(9-12)11-18)13(2)10-14-3-5-15(17)6-4-14/h3-6,12-13,16H,7-11,18H2,1-2H3. The molecule has 0 radical (unpaired) electrons. The molecule has 1 fully saturated rings. The second-order valence-corrected chi connectivity index (χ2v) is 6.85. The van der Waals surface area contributed by atoms with Crippen molar-refractivity contribution in [2.24, 2.45) is 11.7 Å². The first kappa shape index (κ1) is 15.0. The summed E-state index contributed by atoms with van der Waals surface area (Å²) in [5.74, 6) is 0.824. The van der Waals surface area contributed by atoms with Crippen molar-refractivity contribution in [1.82, 2.24) is 4.90 Å². The lowest BCUT2D eigenvalue weighted by Crippen LogP contribution is -2.50. The SMILES string of the molecule is CC1CCN(C(C)Cc2ccc(Br)cc2)C(CN)C1. The van der Waals surface area contributed by atoms with Crippen LogP contribution < -0.4 is 5.73 Å². The number of hydrogen-bond donors (Lipinski definition) is 1. The molecule has 1 saturated heterocycles. The molecule has 1 heterocycles. The van der Waals surface area contributed by atoms with Gasteiger partial charge in [0.25, 0.3) is 0 Å². The second kappa shape index (κ2) is 6.87. The predicted molar refractivity (Wildman–Crippen MR) is 85.3 cm³/mol. The van der Waals surface area contributed by atoms with Crippen LogP contribution >= 0.6 is 15.9 Å². The molecule has 2 rings (SSSR count). The van der Waals surface area contributed by atoms with Crippen LogP contribution in [0.15, 0.2) is 28.7 Å². The minimum Gasteiger partial charge on any atom is -0.329 e. The van der Waals surface area contributed by atoms with E-state index in [-0.39, 0.29) is 0 Å². The average molecular weight is 325 g/mol. The summed E-state index contributed by atoms with van der Waals surface area (Å²) in [6.45, 7) is 6.66. The maximum Gasteiger partial charge on any atom is 0.0223 e. The van der Waals surface area contributed by atoms with E-state index in [9.17, 15) is 0 Å². The molecule has 1 aliphatic rings. The lowest BCUT2D eigenvalue weighted by Gasteiger charge is -2.41. The first-order valence-electron chi connectivity index (χ1n) is 7.30. The first-order chi connectivity index (χ1) is 9.10. The van der Waals surface area contributed by atoms with Crippen LogP contribution in [0.25, 0.3) is 0 Å². The van der Waals surface area contributed by atoms with Crippen molar-refractivity contribution in [3.05, 3.63) is 34.3 Å². The smallest absolute Gasteiger partial charge is 0.0223 e. The molecule has 0 amide bonds. The summed E-state index contributed by atoms with van der Waals surface area (Å²) in [6.07, 6.45) is 3.67. The molecular formula is C16H25BrN2. The molecule has 0 spiro atoms. The van der Waals surface area contributed by atoms with Gasteiger partial charge in [-0.25, -0.2) is 0 Å². The molecule has 0 aliphatic carbocycles. The molecule has 1 aromatic rings. The number of nitrogens with zero attached hydrogens (tertiary/aromatic N) is 1. The van der Waals surface area contributed by atoms with Crippen LogP contribution in [0.4, 0.5) is 0 Å². The predicted octanol–water partition coefficient (Wildman–Crippen LogP) is 3.44. The highest BCUT2D eigenvalue weighted by molar-refractivity contribution is 9.10. The van der Waals surface area contributed by atoms with Gasteiger partial charge in [0.05, 0.1) is 0 Å². The fraction of sp³-hybridized carbons (Fsp3) is 0.625. The third-order valence-corrected chi connectivity index (χ3v) is 4.83. The average Bonchev–Trinajstić information content (AvgIpc) is 2.41. The van der Waals surface area contributed by atoms with Crippen molar-refractivity contribution in [2.75, 3.05) is 13.1 Å². The zero-order valence-corrected chi connectivity index (χ0v) is 13.6. The second-order valence-electron chi connectivity index (χ2n) is 5.94. The molecule has 106 valence electrons. The van der Waals surface area contributed by atoms with E-state index in [0.717, 1.165) is 23.4 Å². The van der Waals surface area contributed by atoms with Crippen LogP contribution in [-0.4, -0.2) is 30.1 Å². The van der Waals surface area contributed by atoms with Gasteiger partial charge >= 0.3 is 0 Å². The monoisotopic (exact) mass is 324 g/mol. The molecule has 3 unspecified atom stereocenters. The number of halogens is 1. The summed E-state index contributed by atoms with van der Waals surface area (Å²) in [7, 11) is 0. The number of piperidine rings is 1. The Kier molecular flexibility index (Phi) is 5.43. The summed E-state index contributed by atoms with van der Waals surface area (Å²) < 4.78 is 1.15. The Morgan fingerprint density at radius 3 is 2.68 bits per heavy atom. The quantitative estimate of drug-likeness (QED) is 0.919. The molecule has 2 N–H and O–H groups in total. The van der Waals surface area contributed by atoms with Crippen LogP contribution in [0.1, 0.15) is 32.3 Å². The fourth-order valence-corrected chi connectivity index (χ4v) is 3.42. The molecule has 3 atom stereocenters. The van der Waals surface area contributed by atoms with Crippen molar-refractivity contribution >= 4 is 15.9 Å². The van der Waals surface area contributed by atoms with E-state index in [4.69, 9.17) is 5.73 Å². The van der Waals surface area contributed by atoms with E-state index in [1.165, 1.54) is 24.9 Å². The van der Waals surface area contributed by atoms with Gasteiger partial charge in [-0.05, 0) is 56.3 Å². The fourth-order valence-electron chi connectivity index (χ4n) is 3.16. The highest BCUT2D eigenvalue weighted by Crippen LogP contribution is 2.25. The number of benzene rings is 1. The number of rotatable bonds is 4. The van der Waals surface area contributed by atoms with Gasteiger partial charge in [0.1, 0.15) is 0 Å². The molecule has 1 aliphatic heterocycles. The van der Waals surface area contributed by atoms with Crippen molar-refractivity contribution in [1.29, 1.82) is 0 Å². The summed E-state index contributed by atoms with van der Waals surface area (Å²) in [5.41, 5.74) is 7.37. The Hall–Kier alpha value is -0.380. The van der Waals surface area contributed by atoms with Gasteiger partial charge in [-0.15, -0.1) is 0 Å². The largest absolute Gasteiger partial charge is 0.329 e. The van der Waals surface area contributed by atoms with Crippen molar-refractivity contribution in [3.8, 4) is 0 Å². The van der Waals surface area contributed by atoms with Crippen LogP contribution in [0.2, 0.25) is 0 Å². The van der Waals surface area contributed by atoms with E-state index >= 15 is 0 Å². The van der Waals surface area contributed by atoms with Crippen molar-refractivity contribution in [2.45, 2.75) is 45.2 Å². The third-order valence-electron chi connectivity index (χ3n) is 4.31. The molecule has 0 saturated carbocycles. The summed E-state index contributed by atoms with van der Waals surface area (Å²) in [4.78, 5) is 2.61. The normalized spacial score (nSPS) is 26.3. The Balaban J connectivity index is 1.98. The van der Waals surface area contributed by atoms with Gasteiger partial charge in [-0.3, -0.25) is 4.90 Å². The Bertz CT molecular complexity index is 390. The van der Waals surface area contributed by atoms with E-state index in [2.05, 4.69) is 58.9 Å². The summed E-state index contributed by atoms with van der Waals surface area (Å²) >= 11 is 3.49. The molecule has 0 bridgehead atoms. The minimum atomic E-state index is 0.564. The van der Waals surface area contributed by atoms with Gasteiger partial charge in [0.15, 0.2) is 0 Å². The molecular weight excluding hydrogens is 300 g/mol. The number of nitrogens with two attached hydrogens (primary N) is 1. The maximum atomic E-state index is 5.96. The van der Waals surface area contributed by atoms with Crippen molar-refractivity contribution < 1.29 is 0 Å². The minimum absolute atomic E-state index is 0.564. The van der Waals surface area contributed by atoms with E-state index in [0.29, 0.717) is 12.1 Å². The molecule has 0 aromatic heterocycles. The van der Waals surface area contributed by atoms with Crippen LogP contribution in [0, 0.1) is 5.92 Å². The summed E-state index contributed by atoms with van der Waals surface area (Å²) in [5, 5.41) is 0. The summed E-state index contributed by atoms with van der Waals surface area (Å²) in [6, 6.07) is 9.81. The highest BCUT2D eigenvalue weighted by Gasteiger charge is 2.28. The number of likely N-dealkylation sites (tertiary alicyclic amines) is 1. The van der Waals surface area contributed by atoms with Gasteiger partial charge in [0, 0.05) is 23.1 Å². The van der Waals surface area contributed by atoms with E-state index in [1.807, 2.05) is 0 Å². The third kappa shape index (κ3) is 4.04. The van der Waals surface area contributed by atoms with Crippen LogP contribution in [-0.2, 0) is 6.42 Å². The molecule has 3 heteroatoms. The van der Waals surface area contributed by atoms with Gasteiger partial charge in [-0.1, -0.05) is 35.0 Å². The van der Waals surface area contributed by atoms with Gasteiger partial charge < -0.3 is 5.73 Å². The lowest BCUT2D eigenvalue weighted by molar-refractivity contribution is 0.0835. The van der Waals surface area contributed by atoms with Crippen LogP contribution in [0.3, 0.4) is 0 Å². The Labute approximate surface area is 125 Å². The Morgan fingerprint density at radius 2 is 2.05 bits per heavy atom. The molecule has 19 heavy (non-hydrogen) atoms. The zero-order valence-electron chi connectivity index (χ0n) is 12.0. The Morgan fingerprint density at radius 1 is 1.37 bits per heavy atom. The van der Waals surface area contributed by atoms with Crippen molar-refractivity contribution in [3.63, 3.8) is 0 Å². The van der Waals surface area contributed by atoms with Gasteiger partial charge in [-0.2, -0.15) is 0 Å². The number of hydrogen-bond acceptors (Lipinski definition) is 2.